The average molecular weight is 620 g/mol. The van der Waals surface area contributed by atoms with Crippen LogP contribution in [0.5, 0.6) is 17.2 Å². The number of thioether (sulfide) groups is 1. The Balaban J connectivity index is 1.36. The van der Waals surface area contributed by atoms with E-state index in [1.807, 2.05) is 45.0 Å². The van der Waals surface area contributed by atoms with Gasteiger partial charge >= 0.3 is 0 Å². The highest BCUT2D eigenvalue weighted by Crippen LogP contribution is 2.39. The number of halogens is 1. The van der Waals surface area contributed by atoms with Gasteiger partial charge in [0.15, 0.2) is 22.5 Å². The van der Waals surface area contributed by atoms with Crippen molar-refractivity contribution >= 4 is 29.3 Å². The molecule has 2 amide bonds. The van der Waals surface area contributed by atoms with E-state index in [0.29, 0.717) is 65.8 Å². The summed E-state index contributed by atoms with van der Waals surface area (Å²) in [4.78, 5) is 28.3. The molecule has 230 valence electrons. The Hall–Kier alpha value is -4.58. The van der Waals surface area contributed by atoms with Crippen LogP contribution in [0.2, 0.25) is 0 Å². The van der Waals surface area contributed by atoms with Crippen molar-refractivity contribution in [1.29, 1.82) is 0 Å². The molecule has 0 bridgehead atoms. The summed E-state index contributed by atoms with van der Waals surface area (Å²) in [5, 5.41) is 12.0. The second kappa shape index (κ2) is 14.3. The van der Waals surface area contributed by atoms with Gasteiger partial charge in [-0.2, -0.15) is 0 Å². The third kappa shape index (κ3) is 6.80. The molecule has 44 heavy (non-hydrogen) atoms. The summed E-state index contributed by atoms with van der Waals surface area (Å²) in [6.45, 7) is 7.35. The highest BCUT2D eigenvalue weighted by atomic mass is 32.2. The van der Waals surface area contributed by atoms with Gasteiger partial charge in [-0.15, -0.1) is 10.2 Å². The van der Waals surface area contributed by atoms with Crippen LogP contribution in [0.4, 0.5) is 10.1 Å². The summed E-state index contributed by atoms with van der Waals surface area (Å²) in [7, 11) is 0. The largest absolute Gasteiger partial charge is 0.490 e. The number of ether oxygens (including phenoxy) is 3. The summed E-state index contributed by atoms with van der Waals surface area (Å²) in [5.74, 6) is 0.971. The van der Waals surface area contributed by atoms with Gasteiger partial charge in [0, 0.05) is 23.5 Å². The van der Waals surface area contributed by atoms with Gasteiger partial charge in [0.1, 0.15) is 5.82 Å². The summed E-state index contributed by atoms with van der Waals surface area (Å²) in [6.07, 6.45) is 0.814. The summed E-state index contributed by atoms with van der Waals surface area (Å²) < 4.78 is 32.7. The molecule has 0 radical (unpaired) electrons. The van der Waals surface area contributed by atoms with Crippen LogP contribution in [0.15, 0.2) is 65.8 Å². The molecule has 0 fully saturated rings. The van der Waals surface area contributed by atoms with E-state index >= 15 is 0 Å². The molecule has 1 aromatic heterocycles. The first-order valence-electron chi connectivity index (χ1n) is 14.5. The maximum atomic E-state index is 13.8. The molecule has 0 spiro atoms. The maximum Gasteiger partial charge on any atom is 0.251 e. The van der Waals surface area contributed by atoms with Crippen molar-refractivity contribution < 1.29 is 28.2 Å². The van der Waals surface area contributed by atoms with Gasteiger partial charge in [0.25, 0.3) is 5.91 Å². The first-order chi connectivity index (χ1) is 21.4. The van der Waals surface area contributed by atoms with Gasteiger partial charge < -0.3 is 24.4 Å². The lowest BCUT2D eigenvalue weighted by molar-refractivity contribution is -0.116. The number of hydrogen-bond donors (Lipinski definition) is 1. The third-order valence-electron chi connectivity index (χ3n) is 6.88. The van der Waals surface area contributed by atoms with E-state index in [2.05, 4.69) is 15.5 Å². The van der Waals surface area contributed by atoms with Gasteiger partial charge in [0.2, 0.25) is 11.7 Å². The molecular weight excluding hydrogens is 585 g/mol. The molecule has 12 heteroatoms. The van der Waals surface area contributed by atoms with Crippen LogP contribution in [0.1, 0.15) is 42.5 Å². The lowest BCUT2D eigenvalue weighted by Gasteiger charge is -2.17. The van der Waals surface area contributed by atoms with Crippen molar-refractivity contribution in [1.82, 2.24) is 20.1 Å². The van der Waals surface area contributed by atoms with Gasteiger partial charge in [-0.05, 0) is 75.2 Å². The molecule has 0 aliphatic carbocycles. The highest BCUT2D eigenvalue weighted by Gasteiger charge is 2.25. The molecule has 0 saturated carbocycles. The van der Waals surface area contributed by atoms with Crippen molar-refractivity contribution in [2.75, 3.05) is 37.0 Å². The van der Waals surface area contributed by atoms with Crippen molar-refractivity contribution in [3.63, 3.8) is 0 Å². The molecule has 1 aliphatic heterocycles. The molecule has 1 N–H and O–H groups in total. The molecule has 10 nitrogen and oxygen atoms in total. The number of para-hydroxylation sites is 1. The molecule has 3 aromatic carbocycles. The number of anilines is 1. The number of carbonyl (C=O) groups excluding carboxylic acids is 2. The Morgan fingerprint density at radius 1 is 0.932 bits per heavy atom. The predicted octanol–water partition coefficient (Wildman–Crippen LogP) is 5.21. The zero-order chi connectivity index (χ0) is 31.1. The van der Waals surface area contributed by atoms with Gasteiger partial charge in [-0.25, -0.2) is 4.39 Å². The standard InChI is InChI=1S/C32H34FN5O5S/c1-4-41-26-17-22(18-27(42-5-2)30(26)43-6-3)31(40)34-19-28-35-36-32(38(28)24-13-11-23(33)12-14-24)44-20-29(39)37-16-15-21-9-7-8-10-25(21)37/h7-14,17-18H,4-6,15-16,19-20H2,1-3H3,(H,34,40). The third-order valence-corrected chi connectivity index (χ3v) is 7.79. The number of nitrogens with one attached hydrogen (secondary N) is 1. The minimum absolute atomic E-state index is 0.0123. The summed E-state index contributed by atoms with van der Waals surface area (Å²) >= 11 is 1.23. The SMILES string of the molecule is CCOc1cc(C(=O)NCc2nnc(SCC(=O)N3CCc4ccccc43)n2-c2ccc(F)cc2)cc(OCC)c1OCC. The van der Waals surface area contributed by atoms with Crippen LogP contribution in [0.25, 0.3) is 5.69 Å². The van der Waals surface area contributed by atoms with Crippen LogP contribution in [-0.4, -0.2) is 58.7 Å². The van der Waals surface area contributed by atoms with Gasteiger partial charge in [-0.1, -0.05) is 30.0 Å². The van der Waals surface area contributed by atoms with Crippen molar-refractivity contribution in [3.05, 3.63) is 83.4 Å². The Bertz CT molecular complexity index is 1600. The number of nitrogens with zero attached hydrogens (tertiary/aromatic N) is 4. The molecule has 4 aromatic rings. The number of carbonyl (C=O) groups is 2. The van der Waals surface area contributed by atoms with E-state index in [4.69, 9.17) is 14.2 Å². The monoisotopic (exact) mass is 619 g/mol. The van der Waals surface area contributed by atoms with Crippen molar-refractivity contribution in [2.24, 2.45) is 0 Å². The van der Waals surface area contributed by atoms with E-state index in [-0.39, 0.29) is 29.9 Å². The van der Waals surface area contributed by atoms with Crippen LogP contribution < -0.4 is 24.4 Å². The zero-order valence-corrected chi connectivity index (χ0v) is 25.7. The second-order valence-corrected chi connectivity index (χ2v) is 10.6. The summed E-state index contributed by atoms with van der Waals surface area (Å²) in [6, 6.07) is 17.0. The smallest absolute Gasteiger partial charge is 0.251 e. The Labute approximate surface area is 259 Å². The second-order valence-electron chi connectivity index (χ2n) is 9.71. The van der Waals surface area contributed by atoms with Crippen LogP contribution >= 0.6 is 11.8 Å². The lowest BCUT2D eigenvalue weighted by atomic mass is 10.1. The van der Waals surface area contributed by atoms with Crippen molar-refractivity contribution in [3.8, 4) is 22.9 Å². The topological polar surface area (TPSA) is 108 Å². The van der Waals surface area contributed by atoms with Crippen molar-refractivity contribution in [2.45, 2.75) is 38.9 Å². The highest BCUT2D eigenvalue weighted by molar-refractivity contribution is 7.99. The first kappa shape index (κ1) is 30.9. The van der Waals surface area contributed by atoms with E-state index in [1.54, 1.807) is 33.7 Å². The van der Waals surface area contributed by atoms with Gasteiger partial charge in [-0.3, -0.25) is 14.2 Å². The quantitative estimate of drug-likeness (QED) is 0.203. The van der Waals surface area contributed by atoms with E-state index in [1.165, 1.54) is 23.9 Å². The molecule has 5 rings (SSSR count). The normalized spacial score (nSPS) is 12.1. The fourth-order valence-electron chi connectivity index (χ4n) is 4.94. The minimum Gasteiger partial charge on any atom is -0.490 e. The molecule has 2 heterocycles. The molecule has 1 aliphatic rings. The number of rotatable bonds is 13. The predicted molar refractivity (Wildman–Crippen MR) is 166 cm³/mol. The maximum absolute atomic E-state index is 13.8. The van der Waals surface area contributed by atoms with E-state index in [0.717, 1.165) is 17.7 Å². The summed E-state index contributed by atoms with van der Waals surface area (Å²) in [5.41, 5.74) is 2.99. The van der Waals surface area contributed by atoms with E-state index in [9.17, 15) is 14.0 Å². The molecule has 0 atom stereocenters. The number of hydrogen-bond acceptors (Lipinski definition) is 8. The Morgan fingerprint density at radius 3 is 2.30 bits per heavy atom. The Kier molecular flexibility index (Phi) is 10.0. The number of fused-ring (bicyclic) bond motifs is 1. The number of benzene rings is 3. The average Bonchev–Trinajstić information content (AvgIpc) is 3.65. The fourth-order valence-corrected chi connectivity index (χ4v) is 5.79. The minimum atomic E-state index is -0.389. The zero-order valence-electron chi connectivity index (χ0n) is 24.8. The van der Waals surface area contributed by atoms with Crippen LogP contribution in [0.3, 0.4) is 0 Å². The number of amides is 2. The number of aromatic nitrogens is 3. The van der Waals surface area contributed by atoms with E-state index < -0.39 is 0 Å². The van der Waals surface area contributed by atoms with Crippen LogP contribution in [0, 0.1) is 5.82 Å². The molecular formula is C32H34FN5O5S. The first-order valence-corrected chi connectivity index (χ1v) is 15.5. The fraction of sp³-hybridized carbons (Fsp3) is 0.312. The Morgan fingerprint density at radius 2 is 1.61 bits per heavy atom. The molecule has 0 unspecified atom stereocenters. The molecule has 0 saturated heterocycles. The van der Waals surface area contributed by atoms with Gasteiger partial charge in [0.05, 0.1) is 32.1 Å². The van der Waals surface area contributed by atoms with Crippen LogP contribution in [-0.2, 0) is 17.8 Å². The lowest BCUT2D eigenvalue weighted by Crippen LogP contribution is -2.30.